The minimum atomic E-state index is -0.297. The number of fused-ring (bicyclic) bond motifs is 1. The van der Waals surface area contributed by atoms with E-state index < -0.39 is 0 Å². The monoisotopic (exact) mass is 291 g/mol. The van der Waals surface area contributed by atoms with Crippen LogP contribution in [0.4, 0.5) is 0 Å². The lowest BCUT2D eigenvalue weighted by molar-refractivity contribution is -0.137. The standard InChI is InChI=1S/C16H21NO4/c1-4-7-17-14(18)10-20-11-5-6-13-12(8-11)16(2,3)9-15(19)21-13/h5-6,8H,4,7,9-10H2,1-3H3,(H,17,18). The van der Waals surface area contributed by atoms with Gasteiger partial charge in [-0.1, -0.05) is 20.8 Å². The highest BCUT2D eigenvalue weighted by molar-refractivity contribution is 5.78. The fourth-order valence-electron chi connectivity index (χ4n) is 2.30. The Morgan fingerprint density at radius 3 is 2.90 bits per heavy atom. The van der Waals surface area contributed by atoms with Crippen LogP contribution >= 0.6 is 0 Å². The largest absolute Gasteiger partial charge is 0.484 e. The van der Waals surface area contributed by atoms with E-state index in [0.717, 1.165) is 12.0 Å². The van der Waals surface area contributed by atoms with Crippen LogP contribution in [0.1, 0.15) is 39.2 Å². The zero-order valence-electron chi connectivity index (χ0n) is 12.7. The third kappa shape index (κ3) is 3.74. The molecule has 5 nitrogen and oxygen atoms in total. The van der Waals surface area contributed by atoms with Crippen molar-refractivity contribution >= 4 is 11.9 Å². The molecule has 1 aliphatic heterocycles. The highest BCUT2D eigenvalue weighted by Gasteiger charge is 2.34. The van der Waals surface area contributed by atoms with Gasteiger partial charge in [0.25, 0.3) is 5.91 Å². The lowest BCUT2D eigenvalue weighted by Gasteiger charge is -2.31. The second kappa shape index (κ2) is 6.16. The Labute approximate surface area is 124 Å². The van der Waals surface area contributed by atoms with E-state index >= 15 is 0 Å². The maximum Gasteiger partial charge on any atom is 0.312 e. The summed E-state index contributed by atoms with van der Waals surface area (Å²) in [4.78, 5) is 23.1. The van der Waals surface area contributed by atoms with Gasteiger partial charge in [0.2, 0.25) is 0 Å². The normalized spacial score (nSPS) is 15.9. The van der Waals surface area contributed by atoms with Crippen LogP contribution in [0.25, 0.3) is 0 Å². The number of esters is 1. The zero-order chi connectivity index (χ0) is 15.5. The summed E-state index contributed by atoms with van der Waals surface area (Å²) in [5.41, 5.74) is 0.627. The number of benzene rings is 1. The van der Waals surface area contributed by atoms with Crippen LogP contribution in [0.5, 0.6) is 11.5 Å². The summed E-state index contributed by atoms with van der Waals surface area (Å²) in [5.74, 6) is 0.811. The summed E-state index contributed by atoms with van der Waals surface area (Å²) in [6.07, 6.45) is 1.23. The lowest BCUT2D eigenvalue weighted by Crippen LogP contribution is -2.31. The molecule has 0 saturated carbocycles. The van der Waals surface area contributed by atoms with E-state index in [2.05, 4.69) is 5.32 Å². The number of rotatable bonds is 5. The molecule has 0 saturated heterocycles. The second-order valence-electron chi connectivity index (χ2n) is 5.83. The highest BCUT2D eigenvalue weighted by atomic mass is 16.5. The first-order valence-electron chi connectivity index (χ1n) is 7.17. The summed E-state index contributed by atoms with van der Waals surface area (Å²) in [6.45, 7) is 6.61. The second-order valence-corrected chi connectivity index (χ2v) is 5.83. The number of carbonyl (C=O) groups excluding carboxylic acids is 2. The van der Waals surface area contributed by atoms with Crippen molar-refractivity contribution in [3.05, 3.63) is 23.8 Å². The molecule has 1 aliphatic rings. The molecule has 1 heterocycles. The fourth-order valence-corrected chi connectivity index (χ4v) is 2.30. The molecular formula is C16H21NO4. The van der Waals surface area contributed by atoms with Crippen LogP contribution in [-0.4, -0.2) is 25.0 Å². The first-order valence-corrected chi connectivity index (χ1v) is 7.17. The Hall–Kier alpha value is -2.04. The van der Waals surface area contributed by atoms with Gasteiger partial charge in [0.05, 0.1) is 6.42 Å². The molecule has 0 atom stereocenters. The molecular weight excluding hydrogens is 270 g/mol. The summed E-state index contributed by atoms with van der Waals surface area (Å²) >= 11 is 0. The molecule has 0 radical (unpaired) electrons. The predicted molar refractivity (Wildman–Crippen MR) is 78.5 cm³/mol. The van der Waals surface area contributed by atoms with E-state index in [-0.39, 0.29) is 23.9 Å². The minimum Gasteiger partial charge on any atom is -0.484 e. The van der Waals surface area contributed by atoms with Crippen molar-refractivity contribution in [2.45, 2.75) is 39.0 Å². The van der Waals surface area contributed by atoms with Gasteiger partial charge in [-0.3, -0.25) is 9.59 Å². The van der Waals surface area contributed by atoms with Crippen LogP contribution in [0.15, 0.2) is 18.2 Å². The molecule has 1 amide bonds. The van der Waals surface area contributed by atoms with Gasteiger partial charge in [0.1, 0.15) is 11.5 Å². The van der Waals surface area contributed by atoms with Crippen LogP contribution in [0.2, 0.25) is 0 Å². The van der Waals surface area contributed by atoms with Crippen LogP contribution < -0.4 is 14.8 Å². The predicted octanol–water partition coefficient (Wildman–Crippen LogP) is 2.18. The third-order valence-electron chi connectivity index (χ3n) is 3.43. The van der Waals surface area contributed by atoms with Crippen molar-refractivity contribution in [2.24, 2.45) is 0 Å². The molecule has 0 unspecified atom stereocenters. The number of carbonyl (C=O) groups is 2. The molecule has 1 aromatic rings. The smallest absolute Gasteiger partial charge is 0.312 e. The number of nitrogens with one attached hydrogen (secondary N) is 1. The molecule has 0 bridgehead atoms. The van der Waals surface area contributed by atoms with E-state index in [0.29, 0.717) is 24.5 Å². The average Bonchev–Trinajstić information content (AvgIpc) is 2.42. The molecule has 2 rings (SSSR count). The van der Waals surface area contributed by atoms with E-state index in [9.17, 15) is 9.59 Å². The van der Waals surface area contributed by atoms with Crippen LogP contribution in [0.3, 0.4) is 0 Å². The Morgan fingerprint density at radius 2 is 2.19 bits per heavy atom. The van der Waals surface area contributed by atoms with Crippen LogP contribution in [0, 0.1) is 0 Å². The number of hydrogen-bond acceptors (Lipinski definition) is 4. The molecule has 0 spiro atoms. The van der Waals surface area contributed by atoms with Gasteiger partial charge < -0.3 is 14.8 Å². The summed E-state index contributed by atoms with van der Waals surface area (Å²) in [5, 5.41) is 2.75. The Morgan fingerprint density at radius 1 is 1.43 bits per heavy atom. The average molecular weight is 291 g/mol. The van der Waals surface area contributed by atoms with Gasteiger partial charge in [-0.25, -0.2) is 0 Å². The molecule has 0 aromatic heterocycles. The highest BCUT2D eigenvalue weighted by Crippen LogP contribution is 2.40. The van der Waals surface area contributed by atoms with E-state index in [1.165, 1.54) is 0 Å². The fraction of sp³-hybridized carbons (Fsp3) is 0.500. The minimum absolute atomic E-state index is 0.0149. The summed E-state index contributed by atoms with van der Waals surface area (Å²) in [7, 11) is 0. The molecule has 21 heavy (non-hydrogen) atoms. The van der Waals surface area contributed by atoms with E-state index in [1.807, 2.05) is 26.8 Å². The molecule has 5 heteroatoms. The van der Waals surface area contributed by atoms with Gasteiger partial charge in [0, 0.05) is 17.5 Å². The van der Waals surface area contributed by atoms with Gasteiger partial charge in [0.15, 0.2) is 6.61 Å². The molecule has 1 aromatic carbocycles. The van der Waals surface area contributed by atoms with Crippen molar-refractivity contribution < 1.29 is 19.1 Å². The van der Waals surface area contributed by atoms with Gasteiger partial charge in [-0.05, 0) is 24.6 Å². The lowest BCUT2D eigenvalue weighted by atomic mass is 9.79. The molecule has 0 fully saturated rings. The summed E-state index contributed by atoms with van der Waals surface area (Å²) < 4.78 is 10.7. The zero-order valence-corrected chi connectivity index (χ0v) is 12.7. The van der Waals surface area contributed by atoms with Gasteiger partial charge in [-0.15, -0.1) is 0 Å². The molecule has 0 aliphatic carbocycles. The van der Waals surface area contributed by atoms with Crippen molar-refractivity contribution in [3.8, 4) is 11.5 Å². The van der Waals surface area contributed by atoms with E-state index in [1.54, 1.807) is 12.1 Å². The SMILES string of the molecule is CCCNC(=O)COc1ccc2c(c1)C(C)(C)CC(=O)O2. The van der Waals surface area contributed by atoms with Gasteiger partial charge >= 0.3 is 5.97 Å². The van der Waals surface area contributed by atoms with Crippen LogP contribution in [-0.2, 0) is 15.0 Å². The number of hydrogen-bond donors (Lipinski definition) is 1. The van der Waals surface area contributed by atoms with Gasteiger partial charge in [-0.2, -0.15) is 0 Å². The number of ether oxygens (including phenoxy) is 2. The van der Waals surface area contributed by atoms with Crippen molar-refractivity contribution in [2.75, 3.05) is 13.2 Å². The first-order chi connectivity index (χ1) is 9.92. The van der Waals surface area contributed by atoms with Crippen molar-refractivity contribution in [1.29, 1.82) is 0 Å². The first kappa shape index (κ1) is 15.4. The number of amides is 1. The Bertz CT molecular complexity index is 551. The Balaban J connectivity index is 2.07. The van der Waals surface area contributed by atoms with Crippen molar-refractivity contribution in [3.63, 3.8) is 0 Å². The van der Waals surface area contributed by atoms with Crippen molar-refractivity contribution in [1.82, 2.24) is 5.32 Å². The molecule has 114 valence electrons. The topological polar surface area (TPSA) is 64.6 Å². The maximum atomic E-state index is 11.5. The Kier molecular flexibility index (Phi) is 4.50. The summed E-state index contributed by atoms with van der Waals surface area (Å²) in [6, 6.07) is 5.27. The molecule has 1 N–H and O–H groups in total. The third-order valence-corrected chi connectivity index (χ3v) is 3.43. The maximum absolute atomic E-state index is 11.5. The quantitative estimate of drug-likeness (QED) is 0.667. The van der Waals surface area contributed by atoms with E-state index in [4.69, 9.17) is 9.47 Å².